The number of hydrogen-bond acceptors (Lipinski definition) is 2. The molecule has 1 amide bonds. The van der Waals surface area contributed by atoms with Gasteiger partial charge in [-0.2, -0.15) is 0 Å². The molecule has 1 aromatic rings. The van der Waals surface area contributed by atoms with E-state index in [9.17, 15) is 9.18 Å². The molecule has 4 heteroatoms. The fourth-order valence-corrected chi connectivity index (χ4v) is 10.4. The number of halogens is 1. The SMILES string of the molecule is CC[C@H]1CC2C3CCC(CCCC(=O)NSc4ccc(F)cc4)C3(C)CCC2C2(C)CCCCC12. The van der Waals surface area contributed by atoms with Gasteiger partial charge in [0.2, 0.25) is 5.91 Å². The number of nitrogens with one attached hydrogen (secondary N) is 1. The van der Waals surface area contributed by atoms with Crippen molar-refractivity contribution in [3.8, 4) is 0 Å². The fourth-order valence-electron chi connectivity index (χ4n) is 9.78. The lowest BCUT2D eigenvalue weighted by Gasteiger charge is -2.62. The maximum Gasteiger partial charge on any atom is 0.230 e. The third-order valence-corrected chi connectivity index (χ3v) is 12.4. The summed E-state index contributed by atoms with van der Waals surface area (Å²) in [4.78, 5) is 13.3. The summed E-state index contributed by atoms with van der Waals surface area (Å²) in [6, 6.07) is 6.29. The van der Waals surface area contributed by atoms with Crippen LogP contribution in [0.4, 0.5) is 4.39 Å². The van der Waals surface area contributed by atoms with Gasteiger partial charge in [-0.25, -0.2) is 4.39 Å². The van der Waals surface area contributed by atoms with Crippen LogP contribution in [0.5, 0.6) is 0 Å². The molecule has 5 rings (SSSR count). The van der Waals surface area contributed by atoms with Gasteiger partial charge >= 0.3 is 0 Å². The number of fused-ring (bicyclic) bond motifs is 5. The molecule has 0 aliphatic heterocycles. The molecule has 4 aliphatic carbocycles. The summed E-state index contributed by atoms with van der Waals surface area (Å²) in [5.41, 5.74) is 1.08. The van der Waals surface area contributed by atoms with E-state index in [1.165, 1.54) is 94.7 Å². The number of carbonyl (C=O) groups excluding carboxylic acids is 1. The Hall–Kier alpha value is -1.03. The van der Waals surface area contributed by atoms with E-state index in [4.69, 9.17) is 0 Å². The van der Waals surface area contributed by atoms with Gasteiger partial charge in [0, 0.05) is 11.3 Å². The van der Waals surface area contributed by atoms with Crippen LogP contribution < -0.4 is 4.72 Å². The molecular formula is C31H46FNOS. The zero-order valence-electron chi connectivity index (χ0n) is 22.2. The molecule has 8 atom stereocenters. The summed E-state index contributed by atoms with van der Waals surface area (Å²) in [5.74, 6) is 5.37. The van der Waals surface area contributed by atoms with Crippen LogP contribution in [0.3, 0.4) is 0 Å². The van der Waals surface area contributed by atoms with Crippen LogP contribution >= 0.6 is 11.9 Å². The molecule has 2 nitrogen and oxygen atoms in total. The van der Waals surface area contributed by atoms with E-state index in [0.717, 1.165) is 46.8 Å². The zero-order chi connectivity index (χ0) is 24.6. The number of benzene rings is 1. The Morgan fingerprint density at radius 3 is 2.54 bits per heavy atom. The van der Waals surface area contributed by atoms with Crippen molar-refractivity contribution in [3.05, 3.63) is 30.1 Å². The summed E-state index contributed by atoms with van der Waals surface area (Å²) in [6.07, 6.45) is 17.2. The minimum Gasteiger partial charge on any atom is -0.296 e. The average Bonchev–Trinajstić information content (AvgIpc) is 3.19. The molecule has 1 N–H and O–H groups in total. The molecule has 0 radical (unpaired) electrons. The van der Waals surface area contributed by atoms with Crippen LogP contribution in [0.25, 0.3) is 0 Å². The van der Waals surface area contributed by atoms with Crippen molar-refractivity contribution in [1.29, 1.82) is 0 Å². The monoisotopic (exact) mass is 499 g/mol. The number of rotatable bonds is 7. The second-order valence-corrected chi connectivity index (χ2v) is 13.8. The average molecular weight is 500 g/mol. The lowest BCUT2D eigenvalue weighted by atomic mass is 9.42. The van der Waals surface area contributed by atoms with Crippen LogP contribution in [0.2, 0.25) is 0 Å². The molecule has 4 aliphatic rings. The van der Waals surface area contributed by atoms with Crippen LogP contribution in [0, 0.1) is 52.2 Å². The molecular weight excluding hydrogens is 453 g/mol. The molecule has 0 saturated heterocycles. The van der Waals surface area contributed by atoms with Crippen molar-refractivity contribution in [3.63, 3.8) is 0 Å². The first-order chi connectivity index (χ1) is 16.8. The summed E-state index contributed by atoms with van der Waals surface area (Å²) in [5, 5.41) is 0. The quantitative estimate of drug-likeness (QED) is 0.380. The van der Waals surface area contributed by atoms with E-state index in [-0.39, 0.29) is 11.7 Å². The van der Waals surface area contributed by atoms with Gasteiger partial charge in [0.15, 0.2) is 0 Å². The molecule has 0 spiro atoms. The second-order valence-electron chi connectivity index (χ2n) is 12.9. The molecule has 194 valence electrons. The van der Waals surface area contributed by atoms with E-state index < -0.39 is 0 Å². The van der Waals surface area contributed by atoms with Gasteiger partial charge in [-0.3, -0.25) is 9.52 Å². The first kappa shape index (κ1) is 25.6. The number of hydrogen-bond donors (Lipinski definition) is 1. The minimum atomic E-state index is -0.246. The van der Waals surface area contributed by atoms with Crippen molar-refractivity contribution in [2.24, 2.45) is 46.3 Å². The van der Waals surface area contributed by atoms with Gasteiger partial charge in [0.1, 0.15) is 5.82 Å². The Morgan fingerprint density at radius 2 is 1.77 bits per heavy atom. The highest BCUT2D eigenvalue weighted by molar-refractivity contribution is 7.98. The normalized spacial score (nSPS) is 40.5. The highest BCUT2D eigenvalue weighted by atomic mass is 32.2. The van der Waals surface area contributed by atoms with Gasteiger partial charge in [-0.15, -0.1) is 0 Å². The van der Waals surface area contributed by atoms with Gasteiger partial charge in [0.25, 0.3) is 0 Å². The molecule has 4 saturated carbocycles. The highest BCUT2D eigenvalue weighted by Crippen LogP contribution is 2.69. The maximum absolute atomic E-state index is 13.1. The van der Waals surface area contributed by atoms with Crippen molar-refractivity contribution >= 4 is 17.9 Å². The van der Waals surface area contributed by atoms with Crippen LogP contribution in [-0.4, -0.2) is 5.91 Å². The molecule has 7 unspecified atom stereocenters. The number of carbonyl (C=O) groups is 1. The highest BCUT2D eigenvalue weighted by Gasteiger charge is 2.60. The number of amides is 1. The van der Waals surface area contributed by atoms with Gasteiger partial charge < -0.3 is 0 Å². The van der Waals surface area contributed by atoms with E-state index in [0.29, 0.717) is 17.3 Å². The van der Waals surface area contributed by atoms with E-state index >= 15 is 0 Å². The summed E-state index contributed by atoms with van der Waals surface area (Å²) >= 11 is 1.29. The van der Waals surface area contributed by atoms with Crippen molar-refractivity contribution < 1.29 is 9.18 Å². The Balaban J connectivity index is 1.17. The summed E-state index contributed by atoms with van der Waals surface area (Å²) in [6.45, 7) is 7.79. The molecule has 35 heavy (non-hydrogen) atoms. The summed E-state index contributed by atoms with van der Waals surface area (Å²) < 4.78 is 16.0. The molecule has 1 aromatic carbocycles. The Bertz CT molecular complexity index is 888. The van der Waals surface area contributed by atoms with Gasteiger partial charge in [-0.05, 0) is 140 Å². The molecule has 0 bridgehead atoms. The van der Waals surface area contributed by atoms with Gasteiger partial charge in [-0.1, -0.05) is 40.0 Å². The largest absolute Gasteiger partial charge is 0.296 e. The van der Waals surface area contributed by atoms with Crippen molar-refractivity contribution in [2.45, 2.75) is 109 Å². The van der Waals surface area contributed by atoms with Gasteiger partial charge in [0.05, 0.1) is 0 Å². The Morgan fingerprint density at radius 1 is 1.00 bits per heavy atom. The standard InChI is InChI=1S/C31H46FNOS/c1-4-21-20-25-27-16-11-22(8-7-10-29(34)33-35-24-14-12-23(32)13-15-24)30(27,2)19-17-28(25)31(3)18-6-5-9-26(21)31/h12-15,21-22,25-28H,4-11,16-20H2,1-3H3,(H,33,34)/t21-,22?,25?,26?,27?,28?,30?,31?/m0/s1. The molecule has 0 aromatic heterocycles. The minimum absolute atomic E-state index is 0.0945. The predicted molar refractivity (Wildman–Crippen MR) is 143 cm³/mol. The van der Waals surface area contributed by atoms with Crippen LogP contribution in [-0.2, 0) is 4.79 Å². The molecule has 4 fully saturated rings. The predicted octanol–water partition coefficient (Wildman–Crippen LogP) is 8.80. The zero-order valence-corrected chi connectivity index (χ0v) is 23.0. The summed E-state index contributed by atoms with van der Waals surface area (Å²) in [7, 11) is 0. The van der Waals surface area contributed by atoms with Crippen LogP contribution in [0.1, 0.15) is 104 Å². The van der Waals surface area contributed by atoms with Crippen molar-refractivity contribution in [2.75, 3.05) is 0 Å². The lowest BCUT2D eigenvalue weighted by Crippen LogP contribution is -2.55. The Kier molecular flexibility index (Phi) is 7.60. The first-order valence-electron chi connectivity index (χ1n) is 14.6. The molecule has 0 heterocycles. The third-order valence-electron chi connectivity index (χ3n) is 11.5. The van der Waals surface area contributed by atoms with E-state index in [2.05, 4.69) is 25.5 Å². The topological polar surface area (TPSA) is 29.1 Å². The lowest BCUT2D eigenvalue weighted by molar-refractivity contribution is -0.136. The van der Waals surface area contributed by atoms with E-state index in [1.807, 2.05) is 0 Å². The third kappa shape index (κ3) is 4.82. The van der Waals surface area contributed by atoms with E-state index in [1.54, 1.807) is 12.1 Å². The smallest absolute Gasteiger partial charge is 0.230 e. The van der Waals surface area contributed by atoms with Crippen LogP contribution in [0.15, 0.2) is 29.2 Å². The van der Waals surface area contributed by atoms with Crippen molar-refractivity contribution in [1.82, 2.24) is 4.72 Å². The first-order valence-corrected chi connectivity index (χ1v) is 15.4. The Labute approximate surface area is 217 Å². The maximum atomic E-state index is 13.1. The second kappa shape index (κ2) is 10.4. The fraction of sp³-hybridized carbons (Fsp3) is 0.774.